The maximum atomic E-state index is 13.1. The zero-order chi connectivity index (χ0) is 24.9. The summed E-state index contributed by atoms with van der Waals surface area (Å²) in [6.07, 6.45) is 1.96. The van der Waals surface area contributed by atoms with Gasteiger partial charge in [-0.1, -0.05) is 62.7 Å². The Morgan fingerprint density at radius 1 is 1.12 bits per heavy atom. The highest BCUT2D eigenvalue weighted by Gasteiger charge is 2.39. The number of benzene rings is 2. The van der Waals surface area contributed by atoms with E-state index in [1.807, 2.05) is 50.2 Å². The number of anilines is 1. The van der Waals surface area contributed by atoms with Crippen LogP contribution in [0.4, 0.5) is 10.5 Å². The zero-order valence-corrected chi connectivity index (χ0v) is 21.0. The van der Waals surface area contributed by atoms with Crippen molar-refractivity contribution in [1.82, 2.24) is 5.32 Å². The summed E-state index contributed by atoms with van der Waals surface area (Å²) >= 11 is 0. The highest BCUT2D eigenvalue weighted by atomic mass is 16.2. The Labute approximate surface area is 203 Å². The highest BCUT2D eigenvalue weighted by molar-refractivity contribution is 5.95. The van der Waals surface area contributed by atoms with Gasteiger partial charge in [0.15, 0.2) is 5.78 Å². The summed E-state index contributed by atoms with van der Waals surface area (Å²) < 4.78 is 0. The molecule has 34 heavy (non-hydrogen) atoms. The molecule has 3 atom stereocenters. The maximum absolute atomic E-state index is 13.1. The van der Waals surface area contributed by atoms with Crippen LogP contribution in [0, 0.1) is 24.7 Å². The van der Waals surface area contributed by atoms with Gasteiger partial charge in [0.05, 0.1) is 5.84 Å². The first-order valence-electron chi connectivity index (χ1n) is 12.1. The molecule has 1 aliphatic heterocycles. The molecule has 3 unspecified atom stereocenters. The van der Waals surface area contributed by atoms with Crippen LogP contribution < -0.4 is 16.4 Å². The summed E-state index contributed by atoms with van der Waals surface area (Å²) in [7, 11) is 0. The average Bonchev–Trinajstić information content (AvgIpc) is 2.85. The fraction of sp³-hybridized carbons (Fsp3) is 0.464. The number of nitrogens with one attached hydrogen (secondary N) is 2. The predicted molar refractivity (Wildman–Crippen MR) is 139 cm³/mol. The summed E-state index contributed by atoms with van der Waals surface area (Å²) in [6.45, 7) is 10.7. The maximum Gasteiger partial charge on any atom is 0.319 e. The first kappa shape index (κ1) is 25.5. The Balaban J connectivity index is 1.57. The Bertz CT molecular complexity index is 1030. The summed E-state index contributed by atoms with van der Waals surface area (Å²) in [5.41, 5.74) is 9.69. The van der Waals surface area contributed by atoms with E-state index in [2.05, 4.69) is 48.5 Å². The van der Waals surface area contributed by atoms with Gasteiger partial charge in [-0.3, -0.25) is 9.79 Å². The number of nitrogens with two attached hydrogens (primary N) is 1. The molecule has 1 aliphatic rings. The van der Waals surface area contributed by atoms with E-state index in [1.165, 1.54) is 0 Å². The lowest BCUT2D eigenvalue weighted by Gasteiger charge is -2.25. The van der Waals surface area contributed by atoms with Gasteiger partial charge in [0.1, 0.15) is 5.54 Å². The van der Waals surface area contributed by atoms with Crippen LogP contribution in [0.3, 0.4) is 0 Å². The van der Waals surface area contributed by atoms with Crippen LogP contribution in [0.25, 0.3) is 0 Å². The molecule has 4 N–H and O–H groups in total. The molecule has 2 aromatic rings. The van der Waals surface area contributed by atoms with Crippen LogP contribution in [0.5, 0.6) is 0 Å². The van der Waals surface area contributed by atoms with Crippen molar-refractivity contribution in [3.63, 3.8) is 0 Å². The second-order valence-corrected chi connectivity index (χ2v) is 10.3. The van der Waals surface area contributed by atoms with E-state index in [9.17, 15) is 9.59 Å². The van der Waals surface area contributed by atoms with Crippen LogP contribution in [-0.4, -0.2) is 23.2 Å². The van der Waals surface area contributed by atoms with Crippen molar-refractivity contribution in [2.45, 2.75) is 66.0 Å². The third-order valence-corrected chi connectivity index (χ3v) is 6.69. The normalized spacial score (nSPS) is 22.8. The molecule has 0 aromatic heterocycles. The smallest absolute Gasteiger partial charge is 0.319 e. The van der Waals surface area contributed by atoms with Crippen molar-refractivity contribution < 1.29 is 9.59 Å². The Kier molecular flexibility index (Phi) is 8.13. The number of nitrogens with zero attached hydrogens (tertiary/aromatic N) is 1. The summed E-state index contributed by atoms with van der Waals surface area (Å²) in [5, 5.41) is 5.72. The number of carbonyl (C=O) groups is 2. The number of urea groups is 1. The van der Waals surface area contributed by atoms with Gasteiger partial charge in [0.25, 0.3) is 0 Å². The first-order valence-corrected chi connectivity index (χ1v) is 12.1. The van der Waals surface area contributed by atoms with E-state index in [0.717, 1.165) is 28.8 Å². The van der Waals surface area contributed by atoms with Gasteiger partial charge in [-0.25, -0.2) is 4.79 Å². The number of amides is 2. The molecule has 3 rings (SSSR count). The second-order valence-electron chi connectivity index (χ2n) is 10.3. The third kappa shape index (κ3) is 6.69. The molecule has 0 saturated heterocycles. The molecule has 0 saturated carbocycles. The van der Waals surface area contributed by atoms with Gasteiger partial charge >= 0.3 is 6.03 Å². The minimum atomic E-state index is -0.726. The molecule has 2 aromatic carbocycles. The molecule has 0 bridgehead atoms. The standard InChI is InChI=1S/C28H38N4O2/c1-18(2)16-28(5)25(33)15-23(20(4)26(29)32-28)14-21-8-10-22(11-9-21)17-30-27(34)31-24-12-6-19(3)7-13-24/h6-13,18,20,23H,14-17H2,1-5H3,(H2,29,32)(H2,30,31,34). The zero-order valence-electron chi connectivity index (χ0n) is 21.0. The largest absolute Gasteiger partial charge is 0.387 e. The highest BCUT2D eigenvalue weighted by Crippen LogP contribution is 2.33. The van der Waals surface area contributed by atoms with Gasteiger partial charge in [-0.05, 0) is 61.8 Å². The van der Waals surface area contributed by atoms with E-state index in [1.54, 1.807) is 0 Å². The molecular weight excluding hydrogens is 424 g/mol. The number of rotatable bonds is 7. The molecule has 0 aliphatic carbocycles. The number of hydrogen-bond donors (Lipinski definition) is 3. The molecule has 6 nitrogen and oxygen atoms in total. The average molecular weight is 463 g/mol. The van der Waals surface area contributed by atoms with Crippen molar-refractivity contribution in [3.05, 3.63) is 65.2 Å². The number of ketones is 1. The molecular formula is C28H38N4O2. The molecule has 182 valence electrons. The van der Waals surface area contributed by atoms with Gasteiger partial charge in [-0.2, -0.15) is 0 Å². The monoisotopic (exact) mass is 462 g/mol. The Morgan fingerprint density at radius 2 is 1.74 bits per heavy atom. The second kappa shape index (κ2) is 10.9. The molecule has 0 fully saturated rings. The Morgan fingerprint density at radius 3 is 2.35 bits per heavy atom. The van der Waals surface area contributed by atoms with Crippen LogP contribution in [0.1, 0.15) is 57.2 Å². The molecule has 0 spiro atoms. The van der Waals surface area contributed by atoms with Crippen molar-refractivity contribution in [2.24, 2.45) is 28.5 Å². The van der Waals surface area contributed by atoms with Crippen molar-refractivity contribution in [3.8, 4) is 0 Å². The fourth-order valence-corrected chi connectivity index (χ4v) is 4.62. The molecule has 1 heterocycles. The van der Waals surface area contributed by atoms with Gasteiger partial charge in [0, 0.05) is 24.6 Å². The quantitative estimate of drug-likeness (QED) is 0.524. The van der Waals surface area contributed by atoms with E-state index >= 15 is 0 Å². The Hall–Kier alpha value is -3.15. The van der Waals surface area contributed by atoms with Crippen molar-refractivity contribution in [2.75, 3.05) is 5.32 Å². The minimum absolute atomic E-state index is 0.0461. The number of amidine groups is 1. The van der Waals surface area contributed by atoms with Crippen LogP contribution >= 0.6 is 0 Å². The molecule has 0 radical (unpaired) electrons. The number of carbonyl (C=O) groups excluding carboxylic acids is 2. The molecule has 6 heteroatoms. The van der Waals surface area contributed by atoms with Crippen molar-refractivity contribution in [1.29, 1.82) is 0 Å². The topological polar surface area (TPSA) is 96.6 Å². The number of aryl methyl sites for hydroxylation is 1. The first-order chi connectivity index (χ1) is 16.1. The molecule has 2 amide bonds. The van der Waals surface area contributed by atoms with E-state index in [4.69, 9.17) is 5.73 Å². The number of Topliss-reactive ketones (excluding diaryl/α,β-unsaturated/α-hetero) is 1. The third-order valence-electron chi connectivity index (χ3n) is 6.69. The summed E-state index contributed by atoms with van der Waals surface area (Å²) in [5.74, 6) is 1.30. The number of aliphatic imine (C=N–C) groups is 1. The minimum Gasteiger partial charge on any atom is -0.387 e. The van der Waals surface area contributed by atoms with Crippen molar-refractivity contribution >= 4 is 23.3 Å². The lowest BCUT2D eigenvalue weighted by molar-refractivity contribution is -0.124. The SMILES string of the molecule is Cc1ccc(NC(=O)NCc2ccc(CC3CC(=O)C(C)(CC(C)C)N=C(N)C3C)cc2)cc1. The lowest BCUT2D eigenvalue weighted by atomic mass is 9.80. The van der Waals surface area contributed by atoms with Gasteiger partial charge < -0.3 is 16.4 Å². The summed E-state index contributed by atoms with van der Waals surface area (Å²) in [6, 6.07) is 15.6. The number of hydrogen-bond acceptors (Lipinski definition) is 4. The van der Waals surface area contributed by atoms with E-state index in [-0.39, 0.29) is 23.7 Å². The van der Waals surface area contributed by atoms with Gasteiger partial charge in [-0.15, -0.1) is 0 Å². The van der Waals surface area contributed by atoms with Gasteiger partial charge in [0.2, 0.25) is 0 Å². The predicted octanol–water partition coefficient (Wildman–Crippen LogP) is 5.25. The van der Waals surface area contributed by atoms with Crippen LogP contribution in [0.15, 0.2) is 53.5 Å². The van der Waals surface area contributed by atoms with Crippen LogP contribution in [-0.2, 0) is 17.8 Å². The fourth-order valence-electron chi connectivity index (χ4n) is 4.62. The lowest BCUT2D eigenvalue weighted by Crippen LogP contribution is -2.36. The summed E-state index contributed by atoms with van der Waals surface area (Å²) in [4.78, 5) is 30.0. The van der Waals surface area contributed by atoms with Crippen LogP contribution in [0.2, 0.25) is 0 Å². The van der Waals surface area contributed by atoms with E-state index in [0.29, 0.717) is 31.1 Å². The van der Waals surface area contributed by atoms with E-state index < -0.39 is 5.54 Å².